The first kappa shape index (κ1) is 8.59. The van der Waals surface area contributed by atoms with Crippen molar-refractivity contribution in [1.82, 2.24) is 0 Å². The second-order valence-electron chi connectivity index (χ2n) is 2.54. The zero-order valence-corrected chi connectivity index (χ0v) is 7.00. The summed E-state index contributed by atoms with van der Waals surface area (Å²) in [6.07, 6.45) is 0. The molecule has 0 aliphatic carbocycles. The summed E-state index contributed by atoms with van der Waals surface area (Å²) in [5.74, 6) is 0.114. The number of phenols is 1. The number of carbonyl (C=O) groups excluding carboxylic acids is 1. The predicted octanol–water partition coefficient (Wildman–Crippen LogP) is 1.63. The van der Waals surface area contributed by atoms with Crippen LogP contribution in [0.4, 0.5) is 0 Å². The highest BCUT2D eigenvalue weighted by Gasteiger charge is 2.02. The summed E-state index contributed by atoms with van der Waals surface area (Å²) in [5.41, 5.74) is 0.822. The molecule has 0 amide bonds. The van der Waals surface area contributed by atoms with E-state index in [4.69, 9.17) is 9.84 Å². The molecule has 0 bridgehead atoms. The van der Waals surface area contributed by atoms with Gasteiger partial charge in [-0.15, -0.1) is 0 Å². The minimum Gasteiger partial charge on any atom is -0.508 e. The van der Waals surface area contributed by atoms with Crippen molar-refractivity contribution in [3.05, 3.63) is 23.8 Å². The molecule has 0 radical (unpaired) electrons. The average molecular weight is 166 g/mol. The first-order valence-corrected chi connectivity index (χ1v) is 3.57. The van der Waals surface area contributed by atoms with Crippen molar-refractivity contribution in [2.45, 2.75) is 13.8 Å². The number of hydrogen-bond donors (Lipinski definition) is 1. The third-order valence-corrected chi connectivity index (χ3v) is 1.43. The van der Waals surface area contributed by atoms with Crippen LogP contribution in [0.15, 0.2) is 18.2 Å². The van der Waals surface area contributed by atoms with Crippen molar-refractivity contribution in [3.63, 3.8) is 0 Å². The molecule has 1 N–H and O–H groups in total. The number of esters is 1. The normalized spacial score (nSPS) is 9.50. The van der Waals surface area contributed by atoms with Gasteiger partial charge in [0, 0.05) is 13.0 Å². The number of rotatable bonds is 1. The highest BCUT2D eigenvalue weighted by molar-refractivity contribution is 5.70. The summed E-state index contributed by atoms with van der Waals surface area (Å²) >= 11 is 0. The fourth-order valence-electron chi connectivity index (χ4n) is 0.854. The minimum atomic E-state index is -0.385. The lowest BCUT2D eigenvalue weighted by Gasteiger charge is -2.04. The van der Waals surface area contributed by atoms with Crippen LogP contribution >= 0.6 is 0 Å². The largest absolute Gasteiger partial charge is 0.508 e. The number of carbonyl (C=O) groups is 1. The van der Waals surface area contributed by atoms with Crippen LogP contribution < -0.4 is 4.74 Å². The molecule has 0 saturated heterocycles. The van der Waals surface area contributed by atoms with E-state index in [0.717, 1.165) is 5.56 Å². The average Bonchev–Trinajstić information content (AvgIpc) is 1.96. The van der Waals surface area contributed by atoms with Gasteiger partial charge in [0.15, 0.2) is 0 Å². The van der Waals surface area contributed by atoms with Gasteiger partial charge in [0.25, 0.3) is 0 Å². The standard InChI is InChI=1S/C9H10O3/c1-6-3-4-8(11)5-9(6)12-7(2)10/h3-5,11H,1-2H3. The van der Waals surface area contributed by atoms with Crippen molar-refractivity contribution in [2.75, 3.05) is 0 Å². The monoisotopic (exact) mass is 166 g/mol. The van der Waals surface area contributed by atoms with Gasteiger partial charge in [-0.25, -0.2) is 0 Å². The molecule has 0 fully saturated rings. The van der Waals surface area contributed by atoms with Crippen LogP contribution in [0.1, 0.15) is 12.5 Å². The first-order chi connectivity index (χ1) is 5.59. The van der Waals surface area contributed by atoms with E-state index in [1.165, 1.54) is 13.0 Å². The van der Waals surface area contributed by atoms with Gasteiger partial charge in [0.05, 0.1) is 0 Å². The van der Waals surface area contributed by atoms with Crippen molar-refractivity contribution in [2.24, 2.45) is 0 Å². The minimum absolute atomic E-state index is 0.0943. The summed E-state index contributed by atoms with van der Waals surface area (Å²) in [6, 6.07) is 4.65. The Hall–Kier alpha value is -1.51. The lowest BCUT2D eigenvalue weighted by molar-refractivity contribution is -0.131. The fourth-order valence-corrected chi connectivity index (χ4v) is 0.854. The molecule has 0 saturated carbocycles. The fraction of sp³-hybridized carbons (Fsp3) is 0.222. The second kappa shape index (κ2) is 3.26. The third-order valence-electron chi connectivity index (χ3n) is 1.43. The summed E-state index contributed by atoms with van der Waals surface area (Å²) in [4.78, 5) is 10.6. The van der Waals surface area contributed by atoms with E-state index in [0.29, 0.717) is 5.75 Å². The van der Waals surface area contributed by atoms with Gasteiger partial charge < -0.3 is 9.84 Å². The maximum atomic E-state index is 10.6. The van der Waals surface area contributed by atoms with Crippen LogP contribution in [0.2, 0.25) is 0 Å². The van der Waals surface area contributed by atoms with Crippen LogP contribution in [-0.2, 0) is 4.79 Å². The Kier molecular flexibility index (Phi) is 2.33. The highest BCUT2D eigenvalue weighted by atomic mass is 16.5. The molecule has 0 atom stereocenters. The molecule has 1 rings (SSSR count). The molecular formula is C9H10O3. The molecular weight excluding hydrogens is 156 g/mol. The molecule has 0 spiro atoms. The Bertz CT molecular complexity index is 305. The Morgan fingerprint density at radius 3 is 2.75 bits per heavy atom. The Balaban J connectivity index is 2.97. The van der Waals surface area contributed by atoms with Gasteiger partial charge in [0.2, 0.25) is 0 Å². The summed E-state index contributed by atoms with van der Waals surface area (Å²) < 4.78 is 4.83. The third kappa shape index (κ3) is 1.99. The number of phenolic OH excluding ortho intramolecular Hbond substituents is 1. The van der Waals surface area contributed by atoms with E-state index in [-0.39, 0.29) is 11.7 Å². The van der Waals surface area contributed by atoms with Gasteiger partial charge >= 0.3 is 5.97 Å². The molecule has 12 heavy (non-hydrogen) atoms. The van der Waals surface area contributed by atoms with Crippen LogP contribution in [-0.4, -0.2) is 11.1 Å². The molecule has 3 nitrogen and oxygen atoms in total. The topological polar surface area (TPSA) is 46.5 Å². The molecule has 3 heteroatoms. The van der Waals surface area contributed by atoms with Gasteiger partial charge in [-0.2, -0.15) is 0 Å². The SMILES string of the molecule is CC(=O)Oc1cc(O)ccc1C. The van der Waals surface area contributed by atoms with E-state index in [9.17, 15) is 4.79 Å². The molecule has 0 aromatic heterocycles. The quantitative estimate of drug-likeness (QED) is 0.509. The van der Waals surface area contributed by atoms with Crippen molar-refractivity contribution in [1.29, 1.82) is 0 Å². The number of aromatic hydroxyl groups is 1. The van der Waals surface area contributed by atoms with E-state index >= 15 is 0 Å². The van der Waals surface area contributed by atoms with Crippen molar-refractivity contribution >= 4 is 5.97 Å². The van der Waals surface area contributed by atoms with Crippen LogP contribution in [0.3, 0.4) is 0 Å². The van der Waals surface area contributed by atoms with E-state index < -0.39 is 0 Å². The molecule has 0 aliphatic heterocycles. The zero-order valence-electron chi connectivity index (χ0n) is 7.00. The molecule has 0 heterocycles. The molecule has 1 aromatic rings. The Labute approximate surface area is 70.6 Å². The van der Waals surface area contributed by atoms with Crippen LogP contribution in [0.5, 0.6) is 11.5 Å². The molecule has 1 aromatic carbocycles. The van der Waals surface area contributed by atoms with Crippen molar-refractivity contribution in [3.8, 4) is 11.5 Å². The smallest absolute Gasteiger partial charge is 0.308 e. The van der Waals surface area contributed by atoms with Gasteiger partial charge in [0.1, 0.15) is 11.5 Å². The molecule has 0 unspecified atom stereocenters. The number of aryl methyl sites for hydroxylation is 1. The maximum absolute atomic E-state index is 10.6. The van der Waals surface area contributed by atoms with Gasteiger partial charge in [-0.1, -0.05) is 6.07 Å². The number of ether oxygens (including phenoxy) is 1. The first-order valence-electron chi connectivity index (χ1n) is 3.57. The van der Waals surface area contributed by atoms with Gasteiger partial charge in [-0.3, -0.25) is 4.79 Å². The Morgan fingerprint density at radius 1 is 1.50 bits per heavy atom. The van der Waals surface area contributed by atoms with Crippen LogP contribution in [0, 0.1) is 6.92 Å². The van der Waals surface area contributed by atoms with E-state index in [1.807, 2.05) is 0 Å². The molecule has 64 valence electrons. The van der Waals surface area contributed by atoms with E-state index in [1.54, 1.807) is 19.1 Å². The zero-order chi connectivity index (χ0) is 9.14. The van der Waals surface area contributed by atoms with Gasteiger partial charge in [-0.05, 0) is 18.6 Å². The Morgan fingerprint density at radius 2 is 2.17 bits per heavy atom. The number of hydrogen-bond acceptors (Lipinski definition) is 3. The van der Waals surface area contributed by atoms with Crippen LogP contribution in [0.25, 0.3) is 0 Å². The maximum Gasteiger partial charge on any atom is 0.308 e. The van der Waals surface area contributed by atoms with E-state index in [2.05, 4.69) is 0 Å². The summed E-state index contributed by atoms with van der Waals surface area (Å²) in [6.45, 7) is 3.13. The highest BCUT2D eigenvalue weighted by Crippen LogP contribution is 2.22. The summed E-state index contributed by atoms with van der Waals surface area (Å²) in [7, 11) is 0. The predicted molar refractivity (Wildman–Crippen MR) is 44.2 cm³/mol. The second-order valence-corrected chi connectivity index (χ2v) is 2.54. The summed E-state index contributed by atoms with van der Waals surface area (Å²) in [5, 5.41) is 9.06. The van der Waals surface area contributed by atoms with Crippen molar-refractivity contribution < 1.29 is 14.6 Å². The molecule has 0 aliphatic rings. The number of benzene rings is 1. The lowest BCUT2D eigenvalue weighted by atomic mass is 10.2. The lowest BCUT2D eigenvalue weighted by Crippen LogP contribution is -2.02.